The van der Waals surface area contributed by atoms with E-state index in [9.17, 15) is 17.6 Å². The van der Waals surface area contributed by atoms with Gasteiger partial charge in [-0.25, -0.2) is 4.39 Å². The fourth-order valence-corrected chi connectivity index (χ4v) is 1.93. The number of hydrogen-bond donors (Lipinski definition) is 2. The summed E-state index contributed by atoms with van der Waals surface area (Å²) in [7, 11) is 0. The van der Waals surface area contributed by atoms with Crippen LogP contribution in [0, 0.1) is 5.82 Å². The van der Waals surface area contributed by atoms with Crippen molar-refractivity contribution in [1.82, 2.24) is 0 Å². The van der Waals surface area contributed by atoms with E-state index in [0.717, 1.165) is 12.1 Å². The van der Waals surface area contributed by atoms with Crippen LogP contribution < -0.4 is 5.32 Å². The van der Waals surface area contributed by atoms with Gasteiger partial charge < -0.3 is 10.4 Å². The number of hydrogen-bond acceptors (Lipinski definition) is 2. The molecule has 0 amide bonds. The Morgan fingerprint density at radius 1 is 1.05 bits per heavy atom. The highest BCUT2D eigenvalue weighted by Gasteiger charge is 2.34. The second-order valence-corrected chi connectivity index (χ2v) is 4.48. The fraction of sp³-hybridized carbons (Fsp3) is 0.200. The minimum atomic E-state index is -4.72. The first-order chi connectivity index (χ1) is 9.91. The average molecular weight is 299 g/mol. The van der Waals surface area contributed by atoms with Gasteiger partial charge >= 0.3 is 6.18 Å². The van der Waals surface area contributed by atoms with Gasteiger partial charge in [0, 0.05) is 17.8 Å². The lowest BCUT2D eigenvalue weighted by atomic mass is 10.1. The molecule has 0 spiro atoms. The van der Waals surface area contributed by atoms with Gasteiger partial charge in [-0.15, -0.1) is 0 Å². The molecule has 0 heterocycles. The highest BCUT2D eigenvalue weighted by molar-refractivity contribution is 5.51. The summed E-state index contributed by atoms with van der Waals surface area (Å²) in [6.45, 7) is -0.0826. The summed E-state index contributed by atoms with van der Waals surface area (Å²) in [5, 5.41) is 12.1. The predicted molar refractivity (Wildman–Crippen MR) is 71.1 cm³/mol. The number of alkyl halides is 3. The summed E-state index contributed by atoms with van der Waals surface area (Å²) in [6.07, 6.45) is -4.72. The number of nitrogens with one attached hydrogen (secondary N) is 1. The first-order valence-corrected chi connectivity index (χ1v) is 6.20. The maximum absolute atomic E-state index is 13.2. The molecule has 0 saturated heterocycles. The third-order valence-electron chi connectivity index (χ3n) is 3.01. The lowest BCUT2D eigenvalue weighted by Crippen LogP contribution is -2.10. The van der Waals surface area contributed by atoms with Crippen LogP contribution >= 0.6 is 0 Å². The normalized spacial score (nSPS) is 11.5. The zero-order valence-corrected chi connectivity index (χ0v) is 10.9. The van der Waals surface area contributed by atoms with Crippen LogP contribution in [0.4, 0.5) is 23.2 Å². The first-order valence-electron chi connectivity index (χ1n) is 6.20. The van der Waals surface area contributed by atoms with E-state index in [1.165, 1.54) is 6.07 Å². The second-order valence-electron chi connectivity index (χ2n) is 4.48. The molecule has 2 aromatic carbocycles. The van der Waals surface area contributed by atoms with Crippen molar-refractivity contribution in [2.45, 2.75) is 19.3 Å². The molecular formula is C15H13F4NO. The zero-order chi connectivity index (χ0) is 15.5. The molecule has 0 aliphatic carbocycles. The Bertz CT molecular complexity index is 625. The van der Waals surface area contributed by atoms with Crippen molar-refractivity contribution in [3.8, 4) is 0 Å². The van der Waals surface area contributed by atoms with Crippen LogP contribution in [0.1, 0.15) is 16.7 Å². The molecule has 0 aliphatic heterocycles. The second kappa shape index (κ2) is 6.13. The Balaban J connectivity index is 2.17. The molecule has 21 heavy (non-hydrogen) atoms. The van der Waals surface area contributed by atoms with Gasteiger partial charge in [-0.2, -0.15) is 13.2 Å². The molecule has 0 unspecified atom stereocenters. The molecule has 6 heteroatoms. The lowest BCUT2D eigenvalue weighted by molar-refractivity contribution is -0.140. The van der Waals surface area contributed by atoms with Crippen LogP contribution in [-0.2, 0) is 19.3 Å². The van der Waals surface area contributed by atoms with Crippen molar-refractivity contribution in [1.29, 1.82) is 0 Å². The summed E-state index contributed by atoms with van der Waals surface area (Å²) in [5.74, 6) is -1.29. The van der Waals surface area contributed by atoms with E-state index in [4.69, 9.17) is 5.11 Å². The van der Waals surface area contributed by atoms with Gasteiger partial charge in [-0.3, -0.25) is 0 Å². The maximum atomic E-state index is 13.2. The average Bonchev–Trinajstić information content (AvgIpc) is 2.45. The Kier molecular flexibility index (Phi) is 4.47. The molecule has 2 rings (SSSR count). The summed E-state index contributed by atoms with van der Waals surface area (Å²) >= 11 is 0. The molecule has 112 valence electrons. The van der Waals surface area contributed by atoms with Gasteiger partial charge in [-0.05, 0) is 23.8 Å². The SMILES string of the molecule is OCc1ccccc1NCc1ccc(F)c(C(F)(F)F)c1. The van der Waals surface area contributed by atoms with Crippen molar-refractivity contribution in [3.63, 3.8) is 0 Å². The smallest absolute Gasteiger partial charge is 0.392 e. The third kappa shape index (κ3) is 3.72. The molecule has 0 radical (unpaired) electrons. The Labute approximate surface area is 119 Å². The number of rotatable bonds is 4. The molecule has 0 bridgehead atoms. The van der Waals surface area contributed by atoms with E-state index in [1.807, 2.05) is 0 Å². The van der Waals surface area contributed by atoms with E-state index >= 15 is 0 Å². The summed E-state index contributed by atoms with van der Waals surface area (Å²) in [4.78, 5) is 0. The van der Waals surface area contributed by atoms with Crippen LogP contribution in [0.25, 0.3) is 0 Å². The van der Waals surface area contributed by atoms with Gasteiger partial charge in [0.05, 0.1) is 12.2 Å². The number of benzene rings is 2. The van der Waals surface area contributed by atoms with Crippen LogP contribution in [-0.4, -0.2) is 5.11 Å². The van der Waals surface area contributed by atoms with Crippen molar-refractivity contribution in [3.05, 3.63) is 65.0 Å². The van der Waals surface area contributed by atoms with E-state index in [2.05, 4.69) is 5.32 Å². The fourth-order valence-electron chi connectivity index (χ4n) is 1.93. The Morgan fingerprint density at radius 3 is 2.43 bits per heavy atom. The predicted octanol–water partition coefficient (Wildman–Crippen LogP) is 3.95. The molecule has 0 saturated carbocycles. The molecule has 0 fully saturated rings. The summed E-state index contributed by atoms with van der Waals surface area (Å²) in [6, 6.07) is 9.78. The van der Waals surface area contributed by atoms with Crippen LogP contribution in [0.5, 0.6) is 0 Å². The van der Waals surface area contributed by atoms with Crippen LogP contribution in [0.2, 0.25) is 0 Å². The first kappa shape index (κ1) is 15.3. The van der Waals surface area contributed by atoms with E-state index in [-0.39, 0.29) is 13.2 Å². The molecular weight excluding hydrogens is 286 g/mol. The number of halogens is 4. The molecule has 2 nitrogen and oxygen atoms in total. The highest BCUT2D eigenvalue weighted by Crippen LogP contribution is 2.32. The number of aliphatic hydroxyl groups excluding tert-OH is 1. The van der Waals surface area contributed by atoms with Crippen molar-refractivity contribution in [2.24, 2.45) is 0 Å². The largest absolute Gasteiger partial charge is 0.419 e. The minimum Gasteiger partial charge on any atom is -0.392 e. The molecule has 0 atom stereocenters. The third-order valence-corrected chi connectivity index (χ3v) is 3.01. The Morgan fingerprint density at radius 2 is 1.76 bits per heavy atom. The van der Waals surface area contributed by atoms with Gasteiger partial charge in [0.1, 0.15) is 5.82 Å². The standard InChI is InChI=1S/C15H13F4NO/c16-13-6-5-10(7-12(13)15(17,18)19)8-20-14-4-2-1-3-11(14)9-21/h1-7,20-21H,8-9H2. The zero-order valence-electron chi connectivity index (χ0n) is 10.9. The Hall–Kier alpha value is -2.08. The maximum Gasteiger partial charge on any atom is 0.419 e. The minimum absolute atomic E-state index is 0.0976. The molecule has 2 N–H and O–H groups in total. The van der Waals surface area contributed by atoms with Crippen molar-refractivity contribution >= 4 is 5.69 Å². The molecule has 0 aliphatic rings. The number of anilines is 1. The van der Waals surface area contributed by atoms with E-state index in [1.54, 1.807) is 24.3 Å². The number of aliphatic hydroxyl groups is 1. The highest BCUT2D eigenvalue weighted by atomic mass is 19.4. The van der Waals surface area contributed by atoms with Gasteiger partial charge in [0.15, 0.2) is 0 Å². The van der Waals surface area contributed by atoms with Crippen molar-refractivity contribution in [2.75, 3.05) is 5.32 Å². The molecule has 2 aromatic rings. The van der Waals surface area contributed by atoms with Gasteiger partial charge in [-0.1, -0.05) is 24.3 Å². The van der Waals surface area contributed by atoms with E-state index in [0.29, 0.717) is 16.8 Å². The summed E-state index contributed by atoms with van der Waals surface area (Å²) in [5.41, 5.74) is 0.280. The lowest BCUT2D eigenvalue weighted by Gasteiger charge is -2.13. The van der Waals surface area contributed by atoms with E-state index < -0.39 is 17.6 Å². The topological polar surface area (TPSA) is 32.3 Å². The van der Waals surface area contributed by atoms with Crippen LogP contribution in [0.15, 0.2) is 42.5 Å². The monoisotopic (exact) mass is 299 g/mol. The quantitative estimate of drug-likeness (QED) is 0.838. The van der Waals surface area contributed by atoms with Gasteiger partial charge in [0.25, 0.3) is 0 Å². The summed E-state index contributed by atoms with van der Waals surface area (Å²) < 4.78 is 51.0. The van der Waals surface area contributed by atoms with Crippen molar-refractivity contribution < 1.29 is 22.7 Å². The van der Waals surface area contributed by atoms with Crippen LogP contribution in [0.3, 0.4) is 0 Å². The molecule has 0 aromatic heterocycles. The van der Waals surface area contributed by atoms with Gasteiger partial charge in [0.2, 0.25) is 0 Å². The number of para-hydroxylation sites is 1.